The molecule has 2 N–H and O–H groups in total. The van der Waals surface area contributed by atoms with E-state index in [2.05, 4.69) is 83.1 Å². The van der Waals surface area contributed by atoms with Crippen LogP contribution in [0, 0.1) is 18.8 Å². The van der Waals surface area contributed by atoms with Gasteiger partial charge in [-0.3, -0.25) is 4.99 Å². The average Bonchev–Trinajstić information content (AvgIpc) is 3.06. The van der Waals surface area contributed by atoms with Gasteiger partial charge in [0.15, 0.2) is 5.96 Å². The quantitative estimate of drug-likeness (QED) is 0.531. The van der Waals surface area contributed by atoms with Crippen molar-refractivity contribution in [2.45, 2.75) is 32.6 Å². The molecular formula is C22H40Cl3N5S. The van der Waals surface area contributed by atoms with E-state index >= 15 is 0 Å². The number of aliphatic imine (C=N–C) groups is 1. The van der Waals surface area contributed by atoms with Crippen molar-refractivity contribution in [3.8, 4) is 0 Å². The third-order valence-corrected chi connectivity index (χ3v) is 5.86. The normalized spacial score (nSPS) is 19.9. The van der Waals surface area contributed by atoms with Gasteiger partial charge in [0.1, 0.15) is 0 Å². The third kappa shape index (κ3) is 9.97. The number of nitrogens with one attached hydrogen (secondary N) is 2. The largest absolute Gasteiger partial charge is 0.342 e. The van der Waals surface area contributed by atoms with Gasteiger partial charge in [0, 0.05) is 44.5 Å². The highest BCUT2D eigenvalue weighted by Gasteiger charge is 2.30. The van der Waals surface area contributed by atoms with Crippen LogP contribution in [0.3, 0.4) is 0 Å². The first-order valence-electron chi connectivity index (χ1n) is 10.7. The second-order valence-electron chi connectivity index (χ2n) is 8.67. The molecule has 31 heavy (non-hydrogen) atoms. The summed E-state index contributed by atoms with van der Waals surface area (Å²) in [5, 5.41) is 6.89. The standard InChI is InChI=1S/C15H21N3.C4H9N.C3H7NS.3ClH/c1-12-3-5-14(6-4-12)11-17-8-7-16-15(17)18-9-13(2)10-18;1-4-2-5-3-4;5-3-1-4-2-3;;;/h3-6,13H,7-11H2,1-2H3;4-5H,2-3H2,1H3;3-5H,1-2H2;3*1H. The molecule has 180 valence electrons. The molecule has 0 saturated carbocycles. The smallest absolute Gasteiger partial charge is 0.197 e. The summed E-state index contributed by atoms with van der Waals surface area (Å²) < 4.78 is 0. The fourth-order valence-electron chi connectivity index (χ4n) is 3.40. The Morgan fingerprint density at radius 2 is 1.45 bits per heavy atom. The first-order chi connectivity index (χ1) is 13.5. The molecule has 0 bridgehead atoms. The summed E-state index contributed by atoms with van der Waals surface area (Å²) in [5.74, 6) is 3.00. The van der Waals surface area contributed by atoms with E-state index in [0.29, 0.717) is 5.25 Å². The molecule has 1 aromatic carbocycles. The van der Waals surface area contributed by atoms with Crippen LogP contribution in [-0.2, 0) is 6.54 Å². The van der Waals surface area contributed by atoms with Crippen LogP contribution in [0.25, 0.3) is 0 Å². The lowest BCUT2D eigenvalue weighted by molar-refractivity contribution is 0.180. The molecule has 1 aromatic rings. The van der Waals surface area contributed by atoms with E-state index in [-0.39, 0.29) is 37.2 Å². The summed E-state index contributed by atoms with van der Waals surface area (Å²) in [5.41, 5.74) is 2.70. The molecule has 0 aromatic heterocycles. The molecule has 4 heterocycles. The van der Waals surface area contributed by atoms with Crippen LogP contribution in [0.5, 0.6) is 0 Å². The van der Waals surface area contributed by atoms with E-state index in [0.717, 1.165) is 44.6 Å². The van der Waals surface area contributed by atoms with Crippen molar-refractivity contribution in [3.05, 3.63) is 35.4 Å². The number of aryl methyl sites for hydroxylation is 1. The van der Waals surface area contributed by atoms with Crippen molar-refractivity contribution in [2.24, 2.45) is 16.8 Å². The minimum Gasteiger partial charge on any atom is -0.342 e. The lowest BCUT2D eigenvalue weighted by Gasteiger charge is -2.41. The Kier molecular flexibility index (Phi) is 15.3. The summed E-state index contributed by atoms with van der Waals surface area (Å²) in [7, 11) is 0. The maximum absolute atomic E-state index is 4.66. The number of likely N-dealkylation sites (tertiary alicyclic amines) is 1. The zero-order valence-corrected chi connectivity index (χ0v) is 22.3. The van der Waals surface area contributed by atoms with E-state index in [1.807, 2.05) is 0 Å². The molecule has 0 atom stereocenters. The molecule has 3 fully saturated rings. The Balaban J connectivity index is 0.000000577. The highest BCUT2D eigenvalue weighted by Crippen LogP contribution is 2.20. The summed E-state index contributed by atoms with van der Waals surface area (Å²) >= 11 is 4.12. The van der Waals surface area contributed by atoms with E-state index < -0.39 is 0 Å². The van der Waals surface area contributed by atoms with Crippen molar-refractivity contribution in [2.75, 3.05) is 52.4 Å². The van der Waals surface area contributed by atoms with Crippen molar-refractivity contribution in [1.29, 1.82) is 0 Å². The predicted molar refractivity (Wildman–Crippen MR) is 144 cm³/mol. The van der Waals surface area contributed by atoms with Gasteiger partial charge < -0.3 is 20.4 Å². The Morgan fingerprint density at radius 1 is 0.935 bits per heavy atom. The summed E-state index contributed by atoms with van der Waals surface area (Å²) in [6, 6.07) is 8.83. The molecule has 0 unspecified atom stereocenters. The van der Waals surface area contributed by atoms with Crippen LogP contribution < -0.4 is 10.6 Å². The lowest BCUT2D eigenvalue weighted by Crippen LogP contribution is -2.53. The number of rotatable bonds is 2. The molecule has 4 aliphatic heterocycles. The topological polar surface area (TPSA) is 42.9 Å². The van der Waals surface area contributed by atoms with Crippen LogP contribution in [0.2, 0.25) is 0 Å². The van der Waals surface area contributed by atoms with Gasteiger partial charge in [-0.25, -0.2) is 0 Å². The molecule has 9 heteroatoms. The molecule has 0 radical (unpaired) electrons. The number of halogens is 3. The molecular weight excluding hydrogens is 473 g/mol. The van der Waals surface area contributed by atoms with E-state index in [1.165, 1.54) is 43.3 Å². The monoisotopic (exact) mass is 511 g/mol. The molecule has 5 rings (SSSR count). The second-order valence-corrected chi connectivity index (χ2v) is 9.40. The van der Waals surface area contributed by atoms with Crippen LogP contribution in [0.4, 0.5) is 0 Å². The van der Waals surface area contributed by atoms with Gasteiger partial charge in [-0.05, 0) is 37.4 Å². The Labute approximate surface area is 212 Å². The number of guanidine groups is 1. The molecule has 0 spiro atoms. The summed E-state index contributed by atoms with van der Waals surface area (Å²) in [6.45, 7) is 16.7. The van der Waals surface area contributed by atoms with Crippen molar-refractivity contribution in [1.82, 2.24) is 20.4 Å². The van der Waals surface area contributed by atoms with Gasteiger partial charge in [-0.1, -0.05) is 43.7 Å². The van der Waals surface area contributed by atoms with Crippen LogP contribution in [0.1, 0.15) is 25.0 Å². The summed E-state index contributed by atoms with van der Waals surface area (Å²) in [4.78, 5) is 9.48. The highest BCUT2D eigenvalue weighted by atomic mass is 35.5. The average molecular weight is 513 g/mol. The molecule has 5 nitrogen and oxygen atoms in total. The minimum absolute atomic E-state index is 0. The zero-order chi connectivity index (χ0) is 19.9. The highest BCUT2D eigenvalue weighted by molar-refractivity contribution is 7.81. The van der Waals surface area contributed by atoms with Gasteiger partial charge in [-0.15, -0.1) is 37.2 Å². The molecule has 0 aliphatic carbocycles. The first kappa shape index (κ1) is 30.6. The van der Waals surface area contributed by atoms with E-state index in [9.17, 15) is 0 Å². The second kappa shape index (κ2) is 15.5. The third-order valence-electron chi connectivity index (χ3n) is 5.49. The SMILES string of the molecule is CC1CNC1.Cc1ccc(CN2CCN=C2N2CC(C)C2)cc1.Cl.Cl.Cl.SC1CNC1. The number of benzene rings is 1. The van der Waals surface area contributed by atoms with Crippen LogP contribution in [-0.4, -0.2) is 73.4 Å². The number of thiol groups is 1. The maximum Gasteiger partial charge on any atom is 0.197 e. The van der Waals surface area contributed by atoms with Gasteiger partial charge in [0.2, 0.25) is 0 Å². The van der Waals surface area contributed by atoms with Crippen molar-refractivity contribution < 1.29 is 0 Å². The Morgan fingerprint density at radius 3 is 1.84 bits per heavy atom. The van der Waals surface area contributed by atoms with Crippen molar-refractivity contribution >= 4 is 55.8 Å². The number of hydrogen-bond acceptors (Lipinski definition) is 6. The van der Waals surface area contributed by atoms with Crippen LogP contribution >= 0.6 is 49.8 Å². The van der Waals surface area contributed by atoms with Crippen molar-refractivity contribution in [3.63, 3.8) is 0 Å². The van der Waals surface area contributed by atoms with E-state index in [1.54, 1.807) is 0 Å². The number of hydrogen-bond donors (Lipinski definition) is 3. The van der Waals surface area contributed by atoms with Crippen LogP contribution in [0.15, 0.2) is 29.3 Å². The van der Waals surface area contributed by atoms with Gasteiger partial charge in [0.05, 0.1) is 6.54 Å². The zero-order valence-electron chi connectivity index (χ0n) is 18.9. The predicted octanol–water partition coefficient (Wildman–Crippen LogP) is 3.50. The van der Waals surface area contributed by atoms with Gasteiger partial charge >= 0.3 is 0 Å². The molecule has 3 saturated heterocycles. The summed E-state index contributed by atoms with van der Waals surface area (Å²) in [6.07, 6.45) is 0. The maximum atomic E-state index is 4.66. The number of nitrogens with zero attached hydrogens (tertiary/aromatic N) is 3. The Bertz CT molecular complexity index is 621. The van der Waals surface area contributed by atoms with Gasteiger partial charge in [-0.2, -0.15) is 12.6 Å². The fourth-order valence-corrected chi connectivity index (χ4v) is 3.66. The van der Waals surface area contributed by atoms with E-state index in [4.69, 9.17) is 0 Å². The minimum atomic E-state index is 0. The molecule has 4 aliphatic rings. The first-order valence-corrected chi connectivity index (χ1v) is 11.2. The molecule has 0 amide bonds. The fraction of sp³-hybridized carbons (Fsp3) is 0.682. The Hall–Kier alpha value is -0.370. The van der Waals surface area contributed by atoms with Gasteiger partial charge in [0.25, 0.3) is 0 Å². The lowest BCUT2D eigenvalue weighted by atomic mass is 10.0.